The molecule has 8 aromatic rings. The van der Waals surface area contributed by atoms with Crippen LogP contribution in [0.1, 0.15) is 244 Å². The van der Waals surface area contributed by atoms with Crippen molar-refractivity contribution < 1.29 is 38.4 Å². The summed E-state index contributed by atoms with van der Waals surface area (Å²) in [4.78, 5) is 139. The van der Waals surface area contributed by atoms with Gasteiger partial charge in [0, 0.05) is 258 Å². The highest BCUT2D eigenvalue weighted by Crippen LogP contribution is 2.49. The molecule has 0 saturated carbocycles. The minimum Gasteiger partial charge on any atom is -0.343 e. The first-order valence-electron chi connectivity index (χ1n) is 50.5. The number of fused-ring (bicyclic) bond motifs is 8. The number of aromatic nitrogens is 4. The van der Waals surface area contributed by atoms with E-state index in [0.717, 1.165) is 326 Å². The van der Waals surface area contributed by atoms with E-state index in [4.69, 9.17) is 66.3 Å². The van der Waals surface area contributed by atoms with Gasteiger partial charge in [0.05, 0.1) is 44.9 Å². The highest BCUT2D eigenvalue weighted by Gasteiger charge is 2.42. The first-order chi connectivity index (χ1) is 68.4. The molecule has 8 fully saturated rings. The predicted octanol–water partition coefficient (Wildman–Crippen LogP) is 22.5. The number of halogens is 10. The number of carbonyl (C=O) groups is 8. The molecule has 8 saturated heterocycles. The Morgan fingerprint density at radius 3 is 0.866 bits per heavy atom. The number of likely N-dealkylation sites (tertiary alicyclic amines) is 6. The van der Waals surface area contributed by atoms with Crippen LogP contribution in [0.25, 0.3) is 24.3 Å². The van der Waals surface area contributed by atoms with Crippen molar-refractivity contribution in [1.29, 1.82) is 0 Å². The topological polar surface area (TPSA) is 221 Å². The number of piperazine rings is 2. The fourth-order valence-corrected chi connectivity index (χ4v) is 27.0. The standard InChI is InChI=1S/2C28H31BrClN3O2.2C27H31Br2ClN4O2/c2*1-18(34)32-10-6-19(7-11-32)14-26(35)33-12-8-20(9-13-33)27-25-5-4-24(30)16-21(25)2-3-22-15-23(29)17-31-28(22)27;2*1-17(35)32-8-6-18(7-9-32)14-24(36)33-10-12-34(13-11-33)27-22-4-5-23(30)25(29)21(22)3-2-19-15-20(28)16-31-26(19)27/h2*2-5,15-17,19-20,27H,6-14H2,1H3;2*4-5,15-16,18,27H,2-3,6-14H2,1H3/t4*27-/m1010/s1. The molecule has 22 nitrogen and oxygen atoms in total. The van der Waals surface area contributed by atoms with Gasteiger partial charge in [-0.2, -0.15) is 0 Å². The number of amides is 8. The molecule has 32 heteroatoms. The van der Waals surface area contributed by atoms with Gasteiger partial charge in [-0.25, -0.2) is 0 Å². The molecule has 8 amide bonds. The molecule has 4 atom stereocenters. The molecule has 0 N–H and O–H groups in total. The zero-order valence-electron chi connectivity index (χ0n) is 81.1. The average molecular weight is 2390 g/mol. The van der Waals surface area contributed by atoms with Crippen LogP contribution in [0.2, 0.25) is 20.1 Å². The van der Waals surface area contributed by atoms with E-state index < -0.39 is 0 Å². The van der Waals surface area contributed by atoms with Crippen LogP contribution in [0.4, 0.5) is 0 Å². The Hall–Kier alpha value is -7.32. The van der Waals surface area contributed by atoms with Crippen LogP contribution >= 0.6 is 142 Å². The molecule has 0 radical (unpaired) electrons. The van der Waals surface area contributed by atoms with Crippen LogP contribution < -0.4 is 0 Å². The summed E-state index contributed by atoms with van der Waals surface area (Å²) in [5.41, 5.74) is 19.0. The Bertz CT molecular complexity index is 5600. The van der Waals surface area contributed by atoms with Crippen molar-refractivity contribution in [2.24, 2.45) is 35.5 Å². The zero-order valence-corrected chi connectivity index (χ0v) is 93.6. The number of rotatable bonds is 12. The Kier molecular flexibility index (Phi) is 36.1. The van der Waals surface area contributed by atoms with Crippen LogP contribution in [0.3, 0.4) is 0 Å². The van der Waals surface area contributed by atoms with Gasteiger partial charge in [-0.15, -0.1) is 0 Å². The second-order valence-corrected chi connectivity index (χ2v) is 47.3. The van der Waals surface area contributed by atoms with Crippen molar-refractivity contribution in [3.05, 3.63) is 246 Å². The third-order valence-electron chi connectivity index (χ3n) is 31.8. The number of hydrogen-bond acceptors (Lipinski definition) is 14. The normalized spacial score (nSPS) is 20.9. The average Bonchev–Trinajstić information content (AvgIpc) is 1.57. The van der Waals surface area contributed by atoms with Crippen molar-refractivity contribution in [3.63, 3.8) is 0 Å². The fourth-order valence-electron chi connectivity index (χ4n) is 23.7. The number of benzene rings is 4. The molecule has 0 spiro atoms. The van der Waals surface area contributed by atoms with Crippen molar-refractivity contribution in [2.75, 3.05) is 131 Å². The molecular formula is C110H124Br6Cl4N14O8. The lowest BCUT2D eigenvalue weighted by Gasteiger charge is -2.40. The summed E-state index contributed by atoms with van der Waals surface area (Å²) in [7, 11) is 0. The molecule has 20 rings (SSSR count). The van der Waals surface area contributed by atoms with Crippen molar-refractivity contribution in [2.45, 2.75) is 180 Å². The Morgan fingerprint density at radius 2 is 0.563 bits per heavy atom. The number of piperidine rings is 6. The van der Waals surface area contributed by atoms with Gasteiger partial charge < -0.3 is 39.2 Å². The maximum Gasteiger partial charge on any atom is 0.222 e. The van der Waals surface area contributed by atoms with E-state index in [2.05, 4.69) is 188 Å². The van der Waals surface area contributed by atoms with Crippen molar-refractivity contribution in [3.8, 4) is 0 Å². The van der Waals surface area contributed by atoms with E-state index >= 15 is 0 Å². The van der Waals surface area contributed by atoms with Gasteiger partial charge in [0.2, 0.25) is 47.3 Å². The second-order valence-electron chi connectivity index (χ2n) is 40.4. The summed E-state index contributed by atoms with van der Waals surface area (Å²) >= 11 is 47.5. The summed E-state index contributed by atoms with van der Waals surface area (Å²) in [6.07, 6.45) is 33.3. The van der Waals surface area contributed by atoms with Gasteiger partial charge in [-0.05, 0) is 361 Å². The van der Waals surface area contributed by atoms with Gasteiger partial charge >= 0.3 is 0 Å². The highest BCUT2D eigenvalue weighted by atomic mass is 79.9. The van der Waals surface area contributed by atoms with Crippen LogP contribution in [0.15, 0.2) is 137 Å². The lowest BCUT2D eigenvalue weighted by atomic mass is 9.76. The number of pyridine rings is 4. The van der Waals surface area contributed by atoms with E-state index in [1.54, 1.807) is 27.7 Å². The molecule has 8 aliphatic heterocycles. The lowest BCUT2D eigenvalue weighted by molar-refractivity contribution is -0.136. The van der Waals surface area contributed by atoms with Gasteiger partial charge in [-0.1, -0.05) is 95.0 Å². The molecule has 12 aliphatic rings. The summed E-state index contributed by atoms with van der Waals surface area (Å²) < 4.78 is 5.88. The number of nitrogens with zero attached hydrogens (tertiary/aromatic N) is 14. The first kappa shape index (κ1) is 106. The minimum atomic E-state index is 0.0346. The second kappa shape index (κ2) is 48.3. The van der Waals surface area contributed by atoms with Crippen LogP contribution in [-0.4, -0.2) is 247 Å². The lowest BCUT2D eigenvalue weighted by Crippen LogP contribution is -2.50. The molecule has 142 heavy (non-hydrogen) atoms. The number of aryl methyl sites for hydroxylation is 2. The monoisotopic (exact) mass is 2380 g/mol. The summed E-state index contributed by atoms with van der Waals surface area (Å²) in [5.74, 6) is 4.24. The predicted molar refractivity (Wildman–Crippen MR) is 582 cm³/mol. The van der Waals surface area contributed by atoms with Crippen LogP contribution in [-0.2, 0) is 64.0 Å². The van der Waals surface area contributed by atoms with Gasteiger partial charge in [0.25, 0.3) is 0 Å². The molecule has 0 bridgehead atoms. The number of carbonyl (C=O) groups excluding carboxylic acids is 8. The smallest absolute Gasteiger partial charge is 0.222 e. The molecule has 4 aromatic heterocycles. The van der Waals surface area contributed by atoms with Gasteiger partial charge in [-0.3, -0.25) is 68.1 Å². The summed E-state index contributed by atoms with van der Waals surface area (Å²) in [5, 5.41) is 2.94. The fraction of sp³-hybridized carbons (Fsp3) is 0.491. The van der Waals surface area contributed by atoms with Crippen LogP contribution in [0, 0.1) is 35.5 Å². The van der Waals surface area contributed by atoms with E-state index in [-0.39, 0.29) is 71.2 Å². The van der Waals surface area contributed by atoms with Gasteiger partial charge in [0.15, 0.2) is 0 Å². The summed E-state index contributed by atoms with van der Waals surface area (Å²) in [6, 6.07) is 29.3. The molecule has 4 aliphatic carbocycles. The first-order valence-corrected chi connectivity index (χ1v) is 56.8. The molecule has 0 unspecified atom stereocenters. The molecule has 752 valence electrons. The van der Waals surface area contributed by atoms with Gasteiger partial charge in [0.1, 0.15) is 0 Å². The SMILES string of the molecule is CC(=O)N1CCC(CC(=O)N2CCC([C@@H]3c4ccc(Cl)cc4C=Cc4cc(Br)cnc43)CC2)CC1.CC(=O)N1CCC(CC(=O)N2CCC([C@H]3c4ccc(Cl)cc4C=Cc4cc(Br)cnc43)CC2)CC1.CC(=O)N1CCC(CC(=O)N2CCN([C@@H]3c4ccc(Cl)c(Br)c4CCc4cc(Br)cnc43)CC2)CC1.CC(=O)N1CCC(CC(=O)N2CCN([C@H]3c4ccc(Cl)c(Br)c4CCc4cc(Br)cnc43)CC2)CC1. The maximum atomic E-state index is 13.1. The van der Waals surface area contributed by atoms with E-state index in [9.17, 15) is 38.4 Å². The maximum absolute atomic E-state index is 13.1. The Morgan fingerprint density at radius 1 is 0.296 bits per heavy atom. The summed E-state index contributed by atoms with van der Waals surface area (Å²) in [6.45, 7) is 21.9. The zero-order chi connectivity index (χ0) is 99.8. The molecule has 4 aromatic carbocycles. The van der Waals surface area contributed by atoms with E-state index in [1.165, 1.54) is 44.5 Å². The highest BCUT2D eigenvalue weighted by molar-refractivity contribution is 9.11. The van der Waals surface area contributed by atoms with E-state index in [0.29, 0.717) is 61.2 Å². The van der Waals surface area contributed by atoms with Crippen molar-refractivity contribution in [1.82, 2.24) is 68.9 Å². The Labute approximate surface area is 905 Å². The molecular weight excluding hydrogens is 2270 g/mol. The number of hydrogen-bond donors (Lipinski definition) is 0. The van der Waals surface area contributed by atoms with Crippen molar-refractivity contribution >= 4 is 214 Å². The van der Waals surface area contributed by atoms with E-state index in [1.807, 2.05) is 90.6 Å². The largest absolute Gasteiger partial charge is 0.343 e. The third kappa shape index (κ3) is 25.4. The minimum absolute atomic E-state index is 0.0346. The van der Waals surface area contributed by atoms with Crippen LogP contribution in [0.5, 0.6) is 0 Å². The third-order valence-corrected chi connectivity index (χ3v) is 36.9. The quantitative estimate of drug-likeness (QED) is 0.111. The molecule has 12 heterocycles. The Balaban J connectivity index is 0.000000130.